The quantitative estimate of drug-likeness (QED) is 0.734. The topological polar surface area (TPSA) is 69.4 Å². The molecular weight excluding hydrogens is 218 g/mol. The highest BCUT2D eigenvalue weighted by molar-refractivity contribution is 5.79. The van der Waals surface area contributed by atoms with Crippen molar-refractivity contribution in [3.8, 4) is 5.75 Å². The molecule has 1 aromatic rings. The fourth-order valence-corrected chi connectivity index (χ4v) is 1.44. The third kappa shape index (κ3) is 4.26. The van der Waals surface area contributed by atoms with Crippen LogP contribution in [-0.2, 0) is 4.79 Å². The van der Waals surface area contributed by atoms with E-state index >= 15 is 0 Å². The summed E-state index contributed by atoms with van der Waals surface area (Å²) in [6, 6.07) is 6.59. The maximum Gasteiger partial charge on any atom is 0.258 e. The number of carbonyl (C=O) groups excluding carboxylic acids is 2. The van der Waals surface area contributed by atoms with E-state index in [9.17, 15) is 9.59 Å². The Morgan fingerprint density at radius 1 is 1.41 bits per heavy atom. The van der Waals surface area contributed by atoms with Gasteiger partial charge in [0.2, 0.25) is 0 Å². The van der Waals surface area contributed by atoms with Gasteiger partial charge in [-0.05, 0) is 37.1 Å². The van der Waals surface area contributed by atoms with E-state index in [2.05, 4.69) is 0 Å². The molecule has 0 aliphatic rings. The number of unbranched alkanes of at least 4 members (excludes halogenated alkanes) is 1. The predicted octanol–water partition coefficient (Wildman–Crippen LogP) is 1.92. The number of rotatable bonds is 7. The molecule has 2 N–H and O–H groups in total. The monoisotopic (exact) mass is 235 g/mol. The Labute approximate surface area is 101 Å². The summed E-state index contributed by atoms with van der Waals surface area (Å²) in [7, 11) is 0. The Morgan fingerprint density at radius 2 is 2.06 bits per heavy atom. The van der Waals surface area contributed by atoms with Gasteiger partial charge in [-0.25, -0.2) is 0 Å². The van der Waals surface area contributed by atoms with Crippen LogP contribution in [0.5, 0.6) is 5.75 Å². The summed E-state index contributed by atoms with van der Waals surface area (Å²) in [5, 5.41) is 0. The van der Waals surface area contributed by atoms with Crippen molar-refractivity contribution < 1.29 is 14.3 Å². The van der Waals surface area contributed by atoms with Crippen molar-refractivity contribution in [2.24, 2.45) is 5.73 Å². The number of hydrogen-bond acceptors (Lipinski definition) is 3. The second-order valence-electron chi connectivity index (χ2n) is 3.84. The maximum absolute atomic E-state index is 11.2. The lowest BCUT2D eigenvalue weighted by Crippen LogP contribution is -2.33. The summed E-state index contributed by atoms with van der Waals surface area (Å²) < 4.78 is 5.49. The number of amides is 1. The highest BCUT2D eigenvalue weighted by atomic mass is 16.5. The normalized spacial score (nSPS) is 11.8. The molecule has 4 nitrogen and oxygen atoms in total. The van der Waals surface area contributed by atoms with Crippen LogP contribution in [0, 0.1) is 0 Å². The van der Waals surface area contributed by atoms with Gasteiger partial charge in [0.05, 0.1) is 0 Å². The number of hydrogen-bond donors (Lipinski definition) is 1. The van der Waals surface area contributed by atoms with E-state index in [1.165, 1.54) is 0 Å². The van der Waals surface area contributed by atoms with Gasteiger partial charge in [-0.3, -0.25) is 9.59 Å². The Kier molecular flexibility index (Phi) is 5.20. The first-order chi connectivity index (χ1) is 8.17. The summed E-state index contributed by atoms with van der Waals surface area (Å²) >= 11 is 0. The molecule has 4 heteroatoms. The second kappa shape index (κ2) is 6.68. The molecule has 0 heterocycles. The Hall–Kier alpha value is -1.84. The first-order valence-corrected chi connectivity index (χ1v) is 5.68. The molecular formula is C13H17NO3. The average molecular weight is 235 g/mol. The maximum atomic E-state index is 11.2. The summed E-state index contributed by atoms with van der Waals surface area (Å²) in [6.45, 7) is 2.04. The smallest absolute Gasteiger partial charge is 0.258 e. The van der Waals surface area contributed by atoms with Gasteiger partial charge in [-0.1, -0.05) is 13.3 Å². The van der Waals surface area contributed by atoms with Crippen LogP contribution in [0.25, 0.3) is 0 Å². The zero-order valence-corrected chi connectivity index (χ0v) is 9.89. The Balaban J connectivity index is 2.64. The first kappa shape index (κ1) is 13.2. The average Bonchev–Trinajstić information content (AvgIpc) is 2.35. The van der Waals surface area contributed by atoms with E-state index in [1.54, 1.807) is 24.3 Å². The minimum absolute atomic E-state index is 0.460. The van der Waals surface area contributed by atoms with Crippen molar-refractivity contribution in [1.29, 1.82) is 0 Å². The van der Waals surface area contributed by atoms with Crippen molar-refractivity contribution in [2.75, 3.05) is 0 Å². The van der Waals surface area contributed by atoms with E-state index in [4.69, 9.17) is 10.5 Å². The fraction of sp³-hybridized carbons (Fsp3) is 0.385. The Bertz CT molecular complexity index is 373. The molecule has 0 aromatic heterocycles. The standard InChI is InChI=1S/C13H17NO3/c1-2-3-4-12(13(14)16)17-11-7-5-10(9-15)6-8-11/h5-9,12H,2-4H2,1H3,(H2,14,16). The van der Waals surface area contributed by atoms with Crippen LogP contribution in [0.2, 0.25) is 0 Å². The molecule has 0 fully saturated rings. The van der Waals surface area contributed by atoms with Crippen molar-refractivity contribution in [2.45, 2.75) is 32.3 Å². The number of nitrogens with two attached hydrogens (primary N) is 1. The van der Waals surface area contributed by atoms with Crippen LogP contribution in [0.4, 0.5) is 0 Å². The molecule has 1 unspecified atom stereocenters. The van der Waals surface area contributed by atoms with Crippen LogP contribution >= 0.6 is 0 Å². The second-order valence-corrected chi connectivity index (χ2v) is 3.84. The summed E-state index contributed by atoms with van der Waals surface area (Å²) in [6.07, 6.45) is 2.64. The third-order valence-corrected chi connectivity index (χ3v) is 2.43. The fourth-order valence-electron chi connectivity index (χ4n) is 1.44. The van der Waals surface area contributed by atoms with Gasteiger partial charge >= 0.3 is 0 Å². The summed E-state index contributed by atoms with van der Waals surface area (Å²) in [5.41, 5.74) is 5.83. The van der Waals surface area contributed by atoms with E-state index in [0.29, 0.717) is 17.7 Å². The van der Waals surface area contributed by atoms with E-state index < -0.39 is 12.0 Å². The molecule has 0 spiro atoms. The van der Waals surface area contributed by atoms with Gasteiger partial charge in [-0.15, -0.1) is 0 Å². The van der Waals surface area contributed by atoms with Crippen LogP contribution < -0.4 is 10.5 Å². The molecule has 0 aliphatic heterocycles. The van der Waals surface area contributed by atoms with Gasteiger partial charge in [0.1, 0.15) is 12.0 Å². The minimum Gasteiger partial charge on any atom is -0.481 e. The lowest BCUT2D eigenvalue weighted by molar-refractivity contribution is -0.125. The van der Waals surface area contributed by atoms with Gasteiger partial charge in [0.15, 0.2) is 6.10 Å². The SMILES string of the molecule is CCCCC(Oc1ccc(C=O)cc1)C(N)=O. The molecule has 92 valence electrons. The van der Waals surface area contributed by atoms with E-state index in [1.807, 2.05) is 6.92 Å². The third-order valence-electron chi connectivity index (χ3n) is 2.43. The van der Waals surface area contributed by atoms with Crippen molar-refractivity contribution in [3.05, 3.63) is 29.8 Å². The molecule has 0 saturated heterocycles. The number of ether oxygens (including phenoxy) is 1. The van der Waals surface area contributed by atoms with Crippen LogP contribution in [0.15, 0.2) is 24.3 Å². The minimum atomic E-state index is -0.600. The molecule has 0 bridgehead atoms. The lowest BCUT2D eigenvalue weighted by Gasteiger charge is -2.15. The van der Waals surface area contributed by atoms with E-state index in [0.717, 1.165) is 19.1 Å². The van der Waals surface area contributed by atoms with Crippen molar-refractivity contribution in [3.63, 3.8) is 0 Å². The summed E-state index contributed by atoms with van der Waals surface area (Å²) in [4.78, 5) is 21.6. The molecule has 1 aromatic carbocycles. The molecule has 1 amide bonds. The van der Waals surface area contributed by atoms with Crippen molar-refractivity contribution >= 4 is 12.2 Å². The molecule has 0 aliphatic carbocycles. The van der Waals surface area contributed by atoms with Crippen LogP contribution in [0.1, 0.15) is 36.5 Å². The van der Waals surface area contributed by atoms with E-state index in [-0.39, 0.29) is 0 Å². The largest absolute Gasteiger partial charge is 0.481 e. The van der Waals surface area contributed by atoms with Crippen molar-refractivity contribution in [1.82, 2.24) is 0 Å². The van der Waals surface area contributed by atoms with Gasteiger partial charge in [-0.2, -0.15) is 0 Å². The van der Waals surface area contributed by atoms with Gasteiger partial charge in [0, 0.05) is 5.56 Å². The molecule has 0 saturated carbocycles. The number of aldehydes is 1. The molecule has 0 radical (unpaired) electrons. The number of primary amides is 1. The van der Waals surface area contributed by atoms with Crippen LogP contribution in [-0.4, -0.2) is 18.3 Å². The molecule has 1 atom stereocenters. The number of carbonyl (C=O) groups is 2. The lowest BCUT2D eigenvalue weighted by atomic mass is 10.1. The van der Waals surface area contributed by atoms with Crippen LogP contribution in [0.3, 0.4) is 0 Å². The molecule has 17 heavy (non-hydrogen) atoms. The van der Waals surface area contributed by atoms with Gasteiger partial charge < -0.3 is 10.5 Å². The zero-order chi connectivity index (χ0) is 12.7. The molecule has 1 rings (SSSR count). The Morgan fingerprint density at radius 3 is 2.53 bits per heavy atom. The highest BCUT2D eigenvalue weighted by Gasteiger charge is 2.16. The van der Waals surface area contributed by atoms with Gasteiger partial charge in [0.25, 0.3) is 5.91 Å². The summed E-state index contributed by atoms with van der Waals surface area (Å²) in [5.74, 6) is 0.0911. The zero-order valence-electron chi connectivity index (χ0n) is 9.89. The predicted molar refractivity (Wildman–Crippen MR) is 65.0 cm³/mol. The first-order valence-electron chi connectivity index (χ1n) is 5.68. The highest BCUT2D eigenvalue weighted by Crippen LogP contribution is 2.15. The number of benzene rings is 1.